The van der Waals surface area contributed by atoms with Gasteiger partial charge in [-0.1, -0.05) is 41.9 Å². The van der Waals surface area contributed by atoms with Gasteiger partial charge in [-0.05, 0) is 35.5 Å². The largest absolute Gasteiger partial charge is 0.362 e. The first-order valence-electron chi connectivity index (χ1n) is 9.03. The smallest absolute Gasteiger partial charge is 0.292 e. The fraction of sp³-hybridized carbons (Fsp3) is 0.200. The topological polar surface area (TPSA) is 79.0 Å². The summed E-state index contributed by atoms with van der Waals surface area (Å²) in [4.78, 5) is 32.0. The quantitative estimate of drug-likeness (QED) is 0.417. The molecule has 0 unspecified atom stereocenters. The minimum atomic E-state index is -0.358. The zero-order valence-corrected chi connectivity index (χ0v) is 16.9. The number of anilines is 1. The van der Waals surface area contributed by atoms with Crippen LogP contribution in [0.2, 0.25) is 5.02 Å². The van der Waals surface area contributed by atoms with Crippen LogP contribution in [0, 0.1) is 10.1 Å². The summed E-state index contributed by atoms with van der Waals surface area (Å²) in [5.41, 5.74) is 1.50. The van der Waals surface area contributed by atoms with E-state index in [0.717, 1.165) is 5.56 Å². The number of amides is 1. The van der Waals surface area contributed by atoms with Crippen molar-refractivity contribution in [1.82, 2.24) is 4.90 Å². The van der Waals surface area contributed by atoms with E-state index in [1.807, 2.05) is 28.0 Å². The molecule has 0 spiro atoms. The molecule has 0 bridgehead atoms. The number of para-hydroxylation sites is 2. The van der Waals surface area contributed by atoms with Crippen LogP contribution < -0.4 is 4.90 Å². The summed E-state index contributed by atoms with van der Waals surface area (Å²) < 4.78 is 0. The van der Waals surface area contributed by atoms with Crippen LogP contribution in [-0.4, -0.2) is 47.1 Å². The van der Waals surface area contributed by atoms with Crippen molar-refractivity contribution in [3.05, 3.63) is 74.1 Å². The average molecular weight is 429 g/mol. The van der Waals surface area contributed by atoms with Gasteiger partial charge in [0.25, 0.3) is 11.6 Å². The summed E-state index contributed by atoms with van der Waals surface area (Å²) in [6.45, 7) is 2.49. The molecule has 7 nitrogen and oxygen atoms in total. The lowest BCUT2D eigenvalue weighted by atomic mass is 10.2. The highest BCUT2D eigenvalue weighted by molar-refractivity contribution is 8.18. The van der Waals surface area contributed by atoms with Gasteiger partial charge in [0.05, 0.1) is 9.83 Å². The maximum Gasteiger partial charge on any atom is 0.292 e. The Morgan fingerprint density at radius 2 is 1.69 bits per heavy atom. The van der Waals surface area contributed by atoms with Gasteiger partial charge in [0.1, 0.15) is 5.69 Å². The molecule has 1 saturated heterocycles. The Kier molecular flexibility index (Phi) is 5.55. The second-order valence-corrected chi connectivity index (χ2v) is 7.97. The van der Waals surface area contributed by atoms with Crippen molar-refractivity contribution in [1.29, 1.82) is 0 Å². The molecule has 2 aliphatic heterocycles. The van der Waals surface area contributed by atoms with Crippen LogP contribution in [0.25, 0.3) is 6.08 Å². The number of nitrogens with zero attached hydrogens (tertiary/aromatic N) is 4. The van der Waals surface area contributed by atoms with Crippen LogP contribution in [0.5, 0.6) is 0 Å². The number of carbonyl (C=O) groups excluding carboxylic acids is 1. The summed E-state index contributed by atoms with van der Waals surface area (Å²) >= 11 is 7.51. The summed E-state index contributed by atoms with van der Waals surface area (Å²) in [6.07, 6.45) is 1.76. The van der Waals surface area contributed by atoms with Crippen molar-refractivity contribution in [3.8, 4) is 0 Å². The SMILES string of the molecule is O=C1N=C(N2CCN(c3ccccc3[N+](=O)[O-])CC2)S/C1=C/c1ccccc1Cl. The summed E-state index contributed by atoms with van der Waals surface area (Å²) in [7, 11) is 0. The molecule has 1 amide bonds. The van der Waals surface area contributed by atoms with E-state index in [2.05, 4.69) is 4.99 Å². The first-order valence-corrected chi connectivity index (χ1v) is 10.2. The number of hydrogen-bond acceptors (Lipinski definition) is 6. The number of piperazine rings is 1. The van der Waals surface area contributed by atoms with Gasteiger partial charge < -0.3 is 9.80 Å². The van der Waals surface area contributed by atoms with Crippen LogP contribution in [0.4, 0.5) is 11.4 Å². The lowest BCUT2D eigenvalue weighted by Crippen LogP contribution is -2.48. The second kappa shape index (κ2) is 8.26. The number of thioether (sulfide) groups is 1. The van der Waals surface area contributed by atoms with Gasteiger partial charge in [-0.25, -0.2) is 0 Å². The van der Waals surface area contributed by atoms with E-state index in [4.69, 9.17) is 11.6 Å². The van der Waals surface area contributed by atoms with E-state index < -0.39 is 0 Å². The lowest BCUT2D eigenvalue weighted by Gasteiger charge is -2.36. The zero-order valence-electron chi connectivity index (χ0n) is 15.3. The number of benzene rings is 2. The molecule has 2 aromatic carbocycles. The van der Waals surface area contributed by atoms with Gasteiger partial charge in [0, 0.05) is 37.3 Å². The number of nitro benzene ring substituents is 1. The number of halogens is 1. The number of aliphatic imine (C=N–C) groups is 1. The van der Waals surface area contributed by atoms with Crippen LogP contribution in [0.3, 0.4) is 0 Å². The molecule has 2 heterocycles. The van der Waals surface area contributed by atoms with Gasteiger partial charge in [-0.3, -0.25) is 14.9 Å². The van der Waals surface area contributed by atoms with Crippen molar-refractivity contribution < 1.29 is 9.72 Å². The van der Waals surface area contributed by atoms with Gasteiger partial charge in [0.15, 0.2) is 5.17 Å². The third-order valence-electron chi connectivity index (χ3n) is 4.77. The Morgan fingerprint density at radius 1 is 1.03 bits per heavy atom. The molecule has 1 fully saturated rings. The normalized spacial score (nSPS) is 18.3. The molecule has 4 rings (SSSR count). The van der Waals surface area contributed by atoms with E-state index in [1.165, 1.54) is 17.8 Å². The molecule has 0 radical (unpaired) electrons. The lowest BCUT2D eigenvalue weighted by molar-refractivity contribution is -0.384. The monoisotopic (exact) mass is 428 g/mol. The molecule has 0 aromatic heterocycles. The fourth-order valence-corrected chi connectivity index (χ4v) is 4.44. The number of rotatable bonds is 3. The maximum absolute atomic E-state index is 12.3. The van der Waals surface area contributed by atoms with E-state index in [1.54, 1.807) is 30.3 Å². The van der Waals surface area contributed by atoms with Gasteiger partial charge >= 0.3 is 0 Å². The Balaban J connectivity index is 1.44. The first kappa shape index (κ1) is 19.5. The van der Waals surface area contributed by atoms with Crippen LogP contribution in [-0.2, 0) is 4.79 Å². The third-order valence-corrected chi connectivity index (χ3v) is 6.16. The van der Waals surface area contributed by atoms with Gasteiger partial charge in [0.2, 0.25) is 0 Å². The third kappa shape index (κ3) is 4.13. The molecular formula is C20H17ClN4O3S. The highest BCUT2D eigenvalue weighted by atomic mass is 35.5. The molecule has 9 heteroatoms. The average Bonchev–Trinajstić information content (AvgIpc) is 3.10. The molecule has 0 saturated carbocycles. The second-order valence-electron chi connectivity index (χ2n) is 6.55. The zero-order chi connectivity index (χ0) is 20.4. The summed E-state index contributed by atoms with van der Waals surface area (Å²) in [5.74, 6) is -0.272. The Bertz CT molecular complexity index is 1030. The molecule has 0 aliphatic carbocycles. The van der Waals surface area contributed by atoms with Crippen LogP contribution in [0.15, 0.2) is 58.4 Å². The Labute approximate surface area is 176 Å². The molecule has 0 atom stereocenters. The standard InChI is InChI=1S/C20H17ClN4O3S/c21-15-6-2-1-5-14(15)13-18-19(26)22-20(29-18)24-11-9-23(10-12-24)16-7-3-4-8-17(16)25(27)28/h1-8,13H,9-12H2/b18-13+. The fourth-order valence-electron chi connectivity index (χ4n) is 3.29. The predicted molar refractivity (Wildman–Crippen MR) is 116 cm³/mol. The van der Waals surface area contributed by atoms with Crippen LogP contribution >= 0.6 is 23.4 Å². The summed E-state index contributed by atoms with van der Waals surface area (Å²) in [6, 6.07) is 14.1. The van der Waals surface area contributed by atoms with E-state index >= 15 is 0 Å². The van der Waals surface area contributed by atoms with Crippen molar-refractivity contribution in [3.63, 3.8) is 0 Å². The minimum Gasteiger partial charge on any atom is -0.362 e. The predicted octanol–water partition coefficient (Wildman–Crippen LogP) is 4.04. The molecule has 148 valence electrons. The van der Waals surface area contributed by atoms with Crippen LogP contribution in [0.1, 0.15) is 5.56 Å². The molecule has 2 aromatic rings. The van der Waals surface area contributed by atoms with E-state index in [9.17, 15) is 14.9 Å². The number of carbonyl (C=O) groups is 1. The minimum absolute atomic E-state index is 0.105. The van der Waals surface area contributed by atoms with Crippen molar-refractivity contribution in [2.45, 2.75) is 0 Å². The number of nitro groups is 1. The maximum atomic E-state index is 12.3. The Morgan fingerprint density at radius 3 is 2.41 bits per heavy atom. The van der Waals surface area contributed by atoms with E-state index in [-0.39, 0.29) is 16.5 Å². The number of hydrogen-bond donors (Lipinski definition) is 0. The molecule has 29 heavy (non-hydrogen) atoms. The van der Waals surface area contributed by atoms with E-state index in [0.29, 0.717) is 47.0 Å². The van der Waals surface area contributed by atoms with Crippen molar-refractivity contribution in [2.24, 2.45) is 4.99 Å². The highest BCUT2D eigenvalue weighted by Gasteiger charge is 2.30. The molecule has 0 N–H and O–H groups in total. The molecular weight excluding hydrogens is 412 g/mol. The van der Waals surface area contributed by atoms with Gasteiger partial charge in [-0.15, -0.1) is 0 Å². The first-order chi connectivity index (χ1) is 14.0. The number of amidine groups is 1. The molecule has 2 aliphatic rings. The van der Waals surface area contributed by atoms with Crippen molar-refractivity contribution >= 4 is 51.9 Å². The van der Waals surface area contributed by atoms with Crippen molar-refractivity contribution in [2.75, 3.05) is 31.1 Å². The summed E-state index contributed by atoms with van der Waals surface area (Å²) in [5, 5.41) is 12.5. The van der Waals surface area contributed by atoms with Gasteiger partial charge in [-0.2, -0.15) is 4.99 Å². The highest BCUT2D eigenvalue weighted by Crippen LogP contribution is 2.33. The Hall–Kier alpha value is -2.84.